The fraction of sp³-hybridized carbons (Fsp3) is 0.400. The third-order valence-electron chi connectivity index (χ3n) is 3.57. The molecule has 0 amide bonds. The van der Waals surface area contributed by atoms with Gasteiger partial charge in [0.15, 0.2) is 11.0 Å². The van der Waals surface area contributed by atoms with Crippen molar-refractivity contribution < 1.29 is 9.47 Å². The van der Waals surface area contributed by atoms with Crippen molar-refractivity contribution in [3.8, 4) is 0 Å². The molecule has 3 heterocycles. The van der Waals surface area contributed by atoms with Crippen LogP contribution in [0, 0.1) is 0 Å². The van der Waals surface area contributed by atoms with Crippen LogP contribution in [-0.4, -0.2) is 34.3 Å². The second kappa shape index (κ2) is 7.61. The van der Waals surface area contributed by atoms with Crippen LogP contribution in [0.2, 0.25) is 5.15 Å². The molecule has 1 aliphatic rings. The molecule has 0 bridgehead atoms. The summed E-state index contributed by atoms with van der Waals surface area (Å²) in [6, 6.07) is 5.75. The Hall–Kier alpha value is -2.16. The Kier molecular flexibility index (Phi) is 5.29. The number of ether oxygens (including phenoxy) is 2. The van der Waals surface area contributed by atoms with E-state index in [0.29, 0.717) is 25.6 Å². The van der Waals surface area contributed by atoms with E-state index < -0.39 is 0 Å². The van der Waals surface area contributed by atoms with Crippen molar-refractivity contribution in [1.82, 2.24) is 15.0 Å². The SMILES string of the molecule is Nc1nc(Cl)c(N)c(NCc2cccc(CO[C@H]3CCOC3)n2)n1. The monoisotopic (exact) mass is 350 g/mol. The highest BCUT2D eigenvalue weighted by molar-refractivity contribution is 6.32. The minimum Gasteiger partial charge on any atom is -0.393 e. The number of nitrogen functional groups attached to an aromatic ring is 2. The van der Waals surface area contributed by atoms with Crippen LogP contribution in [0.5, 0.6) is 0 Å². The van der Waals surface area contributed by atoms with Crippen LogP contribution >= 0.6 is 11.6 Å². The van der Waals surface area contributed by atoms with E-state index in [0.717, 1.165) is 24.4 Å². The van der Waals surface area contributed by atoms with Gasteiger partial charge in [-0.05, 0) is 18.6 Å². The number of nitrogens with one attached hydrogen (secondary N) is 1. The average Bonchev–Trinajstić information content (AvgIpc) is 3.09. The summed E-state index contributed by atoms with van der Waals surface area (Å²) < 4.78 is 11.1. The highest BCUT2D eigenvalue weighted by Crippen LogP contribution is 2.24. The summed E-state index contributed by atoms with van der Waals surface area (Å²) in [5, 5.41) is 3.20. The first kappa shape index (κ1) is 16.7. The van der Waals surface area contributed by atoms with Crippen LogP contribution in [0.25, 0.3) is 0 Å². The lowest BCUT2D eigenvalue weighted by molar-refractivity contribution is 0.0301. The van der Waals surface area contributed by atoms with E-state index in [2.05, 4.69) is 20.3 Å². The molecule has 0 aliphatic carbocycles. The molecule has 1 aliphatic heterocycles. The third kappa shape index (κ3) is 4.22. The molecular weight excluding hydrogens is 332 g/mol. The highest BCUT2D eigenvalue weighted by Gasteiger charge is 2.16. The number of rotatable bonds is 6. The summed E-state index contributed by atoms with van der Waals surface area (Å²) >= 11 is 5.89. The van der Waals surface area contributed by atoms with Crippen LogP contribution in [-0.2, 0) is 22.6 Å². The Morgan fingerprint density at radius 2 is 2.08 bits per heavy atom. The number of hydrogen-bond acceptors (Lipinski definition) is 8. The second-order valence-corrected chi connectivity index (χ2v) is 5.76. The Bertz CT molecular complexity index is 708. The molecule has 0 unspecified atom stereocenters. The zero-order chi connectivity index (χ0) is 16.9. The van der Waals surface area contributed by atoms with Gasteiger partial charge in [0.25, 0.3) is 0 Å². The molecule has 24 heavy (non-hydrogen) atoms. The summed E-state index contributed by atoms with van der Waals surface area (Å²) in [4.78, 5) is 12.4. The van der Waals surface area contributed by atoms with Crippen molar-refractivity contribution in [3.05, 3.63) is 34.7 Å². The molecule has 1 fully saturated rings. The van der Waals surface area contributed by atoms with Gasteiger partial charge >= 0.3 is 0 Å². The van der Waals surface area contributed by atoms with Gasteiger partial charge in [0.2, 0.25) is 5.95 Å². The first-order valence-electron chi connectivity index (χ1n) is 7.58. The van der Waals surface area contributed by atoms with Crippen molar-refractivity contribution in [1.29, 1.82) is 0 Å². The molecule has 0 saturated carbocycles. The average molecular weight is 351 g/mol. The number of hydrogen-bond donors (Lipinski definition) is 3. The van der Waals surface area contributed by atoms with Gasteiger partial charge in [0, 0.05) is 6.61 Å². The van der Waals surface area contributed by atoms with Gasteiger partial charge in [-0.25, -0.2) is 0 Å². The number of nitrogens with zero attached hydrogens (tertiary/aromatic N) is 3. The first-order chi connectivity index (χ1) is 11.6. The van der Waals surface area contributed by atoms with E-state index in [9.17, 15) is 0 Å². The van der Waals surface area contributed by atoms with Crippen molar-refractivity contribution in [2.24, 2.45) is 0 Å². The van der Waals surface area contributed by atoms with Gasteiger partial charge in [0.05, 0.1) is 37.3 Å². The molecule has 0 spiro atoms. The lowest BCUT2D eigenvalue weighted by Gasteiger charge is -2.11. The Morgan fingerprint density at radius 1 is 1.25 bits per heavy atom. The molecule has 9 heteroatoms. The number of pyridine rings is 1. The Labute approximate surface area is 144 Å². The molecule has 8 nitrogen and oxygen atoms in total. The standard InChI is InChI=1S/C15H19ClN6O2/c16-13-12(17)14(22-15(18)21-13)19-6-9-2-1-3-10(20-9)7-24-11-4-5-23-8-11/h1-3,11H,4-8,17H2,(H3,18,19,21,22)/t11-/m0/s1. The van der Waals surface area contributed by atoms with E-state index in [1.165, 1.54) is 0 Å². The highest BCUT2D eigenvalue weighted by atomic mass is 35.5. The summed E-state index contributed by atoms with van der Waals surface area (Å²) in [5.41, 5.74) is 13.3. The molecule has 1 saturated heterocycles. The van der Waals surface area contributed by atoms with Crippen LogP contribution < -0.4 is 16.8 Å². The largest absolute Gasteiger partial charge is 0.393 e. The zero-order valence-corrected chi connectivity index (χ0v) is 13.8. The molecular formula is C15H19ClN6O2. The van der Waals surface area contributed by atoms with Crippen molar-refractivity contribution in [3.63, 3.8) is 0 Å². The lowest BCUT2D eigenvalue weighted by Crippen LogP contribution is -2.13. The van der Waals surface area contributed by atoms with Crippen LogP contribution in [0.1, 0.15) is 17.8 Å². The maximum Gasteiger partial charge on any atom is 0.223 e. The summed E-state index contributed by atoms with van der Waals surface area (Å²) in [5.74, 6) is 0.449. The van der Waals surface area contributed by atoms with Gasteiger partial charge in [-0.3, -0.25) is 4.98 Å². The fourth-order valence-electron chi connectivity index (χ4n) is 2.32. The molecule has 2 aromatic rings. The van der Waals surface area contributed by atoms with Gasteiger partial charge in [-0.2, -0.15) is 9.97 Å². The number of halogens is 1. The molecule has 5 N–H and O–H groups in total. The van der Waals surface area contributed by atoms with Crippen LogP contribution in [0.3, 0.4) is 0 Å². The molecule has 2 aromatic heterocycles. The van der Waals surface area contributed by atoms with E-state index in [4.69, 9.17) is 32.5 Å². The summed E-state index contributed by atoms with van der Waals surface area (Å²) in [6.07, 6.45) is 1.08. The minimum atomic E-state index is 0.0607. The number of nitrogens with two attached hydrogens (primary N) is 2. The lowest BCUT2D eigenvalue weighted by atomic mass is 10.3. The topological polar surface area (TPSA) is 121 Å². The van der Waals surface area contributed by atoms with E-state index in [1.807, 2.05) is 18.2 Å². The number of aromatic nitrogens is 3. The Morgan fingerprint density at radius 3 is 2.88 bits per heavy atom. The molecule has 1 atom stereocenters. The third-order valence-corrected chi connectivity index (χ3v) is 3.86. The maximum atomic E-state index is 5.89. The molecule has 128 valence electrons. The van der Waals surface area contributed by atoms with Crippen LogP contribution in [0.4, 0.5) is 17.5 Å². The zero-order valence-electron chi connectivity index (χ0n) is 13.0. The minimum absolute atomic E-state index is 0.0607. The summed E-state index contributed by atoms with van der Waals surface area (Å²) in [6.45, 7) is 2.29. The fourth-order valence-corrected chi connectivity index (χ4v) is 2.50. The molecule has 0 aromatic carbocycles. The van der Waals surface area contributed by atoms with E-state index >= 15 is 0 Å². The maximum absolute atomic E-state index is 5.89. The second-order valence-electron chi connectivity index (χ2n) is 5.41. The van der Waals surface area contributed by atoms with Gasteiger partial charge < -0.3 is 26.3 Å². The molecule has 3 rings (SSSR count). The predicted octanol–water partition coefficient (Wildman–Crippen LogP) is 1.61. The Balaban J connectivity index is 1.60. The quantitative estimate of drug-likeness (QED) is 0.672. The van der Waals surface area contributed by atoms with Crippen LogP contribution in [0.15, 0.2) is 18.2 Å². The van der Waals surface area contributed by atoms with Crippen molar-refractivity contribution in [2.75, 3.05) is 30.0 Å². The van der Waals surface area contributed by atoms with Gasteiger partial charge in [-0.15, -0.1) is 0 Å². The number of anilines is 3. The molecule has 0 radical (unpaired) electrons. The van der Waals surface area contributed by atoms with E-state index in [1.54, 1.807) is 0 Å². The normalized spacial score (nSPS) is 17.1. The smallest absolute Gasteiger partial charge is 0.223 e. The van der Waals surface area contributed by atoms with Gasteiger partial charge in [-0.1, -0.05) is 17.7 Å². The van der Waals surface area contributed by atoms with Crippen molar-refractivity contribution >= 4 is 29.1 Å². The first-order valence-corrected chi connectivity index (χ1v) is 7.96. The van der Waals surface area contributed by atoms with Crippen molar-refractivity contribution in [2.45, 2.75) is 25.7 Å². The predicted molar refractivity (Wildman–Crippen MR) is 91.4 cm³/mol. The summed E-state index contributed by atoms with van der Waals surface area (Å²) in [7, 11) is 0. The van der Waals surface area contributed by atoms with E-state index in [-0.39, 0.29) is 22.9 Å². The van der Waals surface area contributed by atoms with Gasteiger partial charge in [0.1, 0.15) is 5.69 Å².